The normalized spacial score (nSPS) is 22.1. The molecule has 2 aromatic carbocycles. The van der Waals surface area contributed by atoms with Crippen LogP contribution in [0.5, 0.6) is 0 Å². The second-order valence-corrected chi connectivity index (χ2v) is 5.84. The molecule has 2 aromatic rings. The summed E-state index contributed by atoms with van der Waals surface area (Å²) in [6.45, 7) is 3.76. The summed E-state index contributed by atoms with van der Waals surface area (Å²) in [4.78, 5) is 0. The Morgan fingerprint density at radius 3 is 2.76 bits per heavy atom. The first-order valence-corrected chi connectivity index (χ1v) is 7.34. The van der Waals surface area contributed by atoms with Gasteiger partial charge in [0.05, 0.1) is 12.1 Å². The van der Waals surface area contributed by atoms with Crippen molar-refractivity contribution in [2.75, 3.05) is 0 Å². The Labute approximate surface area is 124 Å². The molecule has 1 aliphatic carbocycles. The highest BCUT2D eigenvalue weighted by atomic mass is 19.1. The van der Waals surface area contributed by atoms with Gasteiger partial charge >= 0.3 is 0 Å². The van der Waals surface area contributed by atoms with E-state index in [-0.39, 0.29) is 17.9 Å². The highest BCUT2D eigenvalue weighted by Gasteiger charge is 2.31. The number of hydrogen-bond donors (Lipinski definition) is 2. The molecule has 2 N–H and O–H groups in total. The Balaban J connectivity index is 1.81. The van der Waals surface area contributed by atoms with Gasteiger partial charge in [-0.25, -0.2) is 4.39 Å². The number of rotatable bonds is 3. The zero-order chi connectivity index (χ0) is 15.0. The summed E-state index contributed by atoms with van der Waals surface area (Å²) in [7, 11) is 0. The first-order valence-electron chi connectivity index (χ1n) is 7.34. The van der Waals surface area contributed by atoms with Crippen LogP contribution in [0.4, 0.5) is 4.39 Å². The number of hydrogen-bond acceptors (Lipinski definition) is 2. The van der Waals surface area contributed by atoms with Gasteiger partial charge in [0.1, 0.15) is 5.82 Å². The molecule has 0 saturated carbocycles. The first-order chi connectivity index (χ1) is 10.1. The van der Waals surface area contributed by atoms with Crippen LogP contribution in [0.2, 0.25) is 0 Å². The Hall–Kier alpha value is -1.71. The van der Waals surface area contributed by atoms with Gasteiger partial charge in [-0.15, -0.1) is 0 Å². The smallest absolute Gasteiger partial charge is 0.126 e. The van der Waals surface area contributed by atoms with E-state index < -0.39 is 6.10 Å². The van der Waals surface area contributed by atoms with Crippen LogP contribution in [-0.2, 0) is 6.42 Å². The fourth-order valence-electron chi connectivity index (χ4n) is 3.02. The van der Waals surface area contributed by atoms with Crippen LogP contribution in [0.25, 0.3) is 0 Å². The van der Waals surface area contributed by atoms with Gasteiger partial charge in [0.25, 0.3) is 0 Å². The predicted molar refractivity (Wildman–Crippen MR) is 81.6 cm³/mol. The SMILES string of the molecule is Cc1ccc(C(C)NC2c3ccccc3CC2O)cc1F. The lowest BCUT2D eigenvalue weighted by atomic mass is 10.0. The van der Waals surface area contributed by atoms with Crippen LogP contribution >= 0.6 is 0 Å². The summed E-state index contributed by atoms with van der Waals surface area (Å²) < 4.78 is 13.7. The zero-order valence-corrected chi connectivity index (χ0v) is 12.3. The Kier molecular flexibility index (Phi) is 3.79. The van der Waals surface area contributed by atoms with Gasteiger partial charge in [0.2, 0.25) is 0 Å². The molecule has 3 heteroatoms. The van der Waals surface area contributed by atoms with Crippen LogP contribution in [0.3, 0.4) is 0 Å². The van der Waals surface area contributed by atoms with Crippen molar-refractivity contribution >= 4 is 0 Å². The third-order valence-corrected chi connectivity index (χ3v) is 4.33. The van der Waals surface area contributed by atoms with Crippen molar-refractivity contribution in [3.8, 4) is 0 Å². The lowest BCUT2D eigenvalue weighted by Crippen LogP contribution is -2.31. The van der Waals surface area contributed by atoms with Crippen molar-refractivity contribution in [2.45, 2.75) is 38.5 Å². The van der Waals surface area contributed by atoms with E-state index >= 15 is 0 Å². The van der Waals surface area contributed by atoms with Crippen molar-refractivity contribution in [1.82, 2.24) is 5.32 Å². The lowest BCUT2D eigenvalue weighted by Gasteiger charge is -2.23. The molecule has 0 saturated heterocycles. The molecule has 0 amide bonds. The summed E-state index contributed by atoms with van der Waals surface area (Å²) in [6.07, 6.45) is 0.239. The lowest BCUT2D eigenvalue weighted by molar-refractivity contribution is 0.136. The van der Waals surface area contributed by atoms with E-state index in [1.54, 1.807) is 19.1 Å². The molecule has 0 radical (unpaired) electrons. The van der Waals surface area contributed by atoms with Gasteiger partial charge in [-0.3, -0.25) is 0 Å². The summed E-state index contributed by atoms with van der Waals surface area (Å²) in [5, 5.41) is 13.7. The molecule has 0 aromatic heterocycles. The first kappa shape index (κ1) is 14.2. The van der Waals surface area contributed by atoms with E-state index in [1.807, 2.05) is 31.2 Å². The van der Waals surface area contributed by atoms with Crippen LogP contribution in [0.1, 0.15) is 41.3 Å². The maximum atomic E-state index is 13.7. The van der Waals surface area contributed by atoms with E-state index in [0.29, 0.717) is 12.0 Å². The number of aliphatic hydroxyl groups is 1. The number of halogens is 1. The fraction of sp³-hybridized carbons (Fsp3) is 0.333. The summed E-state index contributed by atoms with van der Waals surface area (Å²) >= 11 is 0. The number of aliphatic hydroxyl groups excluding tert-OH is 1. The maximum absolute atomic E-state index is 13.7. The van der Waals surface area contributed by atoms with E-state index in [4.69, 9.17) is 0 Å². The second kappa shape index (κ2) is 5.58. The molecule has 0 bridgehead atoms. The molecular weight excluding hydrogens is 265 g/mol. The number of nitrogens with one attached hydrogen (secondary N) is 1. The fourth-order valence-corrected chi connectivity index (χ4v) is 3.02. The Morgan fingerprint density at radius 2 is 2.00 bits per heavy atom. The van der Waals surface area contributed by atoms with E-state index in [2.05, 4.69) is 11.4 Å². The van der Waals surface area contributed by atoms with Crippen molar-refractivity contribution < 1.29 is 9.50 Å². The van der Waals surface area contributed by atoms with E-state index in [9.17, 15) is 9.50 Å². The molecule has 110 valence electrons. The number of benzene rings is 2. The standard InChI is InChI=1S/C18H20FNO/c1-11-7-8-13(9-16(11)19)12(2)20-18-15-6-4-3-5-14(15)10-17(18)21/h3-9,12,17-18,20-21H,10H2,1-2H3. The Bertz CT molecular complexity index is 655. The van der Waals surface area contributed by atoms with Crippen molar-refractivity contribution in [3.05, 3.63) is 70.5 Å². The zero-order valence-electron chi connectivity index (χ0n) is 12.3. The average molecular weight is 285 g/mol. The van der Waals surface area contributed by atoms with Crippen molar-refractivity contribution in [3.63, 3.8) is 0 Å². The van der Waals surface area contributed by atoms with Crippen molar-refractivity contribution in [2.24, 2.45) is 0 Å². The average Bonchev–Trinajstić information content (AvgIpc) is 2.78. The predicted octanol–water partition coefficient (Wildman–Crippen LogP) is 3.44. The van der Waals surface area contributed by atoms with Crippen molar-refractivity contribution in [1.29, 1.82) is 0 Å². The minimum absolute atomic E-state index is 0.0223. The van der Waals surface area contributed by atoms with E-state index in [0.717, 1.165) is 11.1 Å². The molecule has 3 unspecified atom stereocenters. The minimum atomic E-state index is -0.430. The maximum Gasteiger partial charge on any atom is 0.126 e. The van der Waals surface area contributed by atoms with Gasteiger partial charge in [-0.1, -0.05) is 36.4 Å². The van der Waals surface area contributed by atoms with Crippen LogP contribution in [0.15, 0.2) is 42.5 Å². The molecule has 1 aliphatic rings. The molecule has 2 nitrogen and oxygen atoms in total. The molecule has 0 heterocycles. The highest BCUT2D eigenvalue weighted by Crippen LogP contribution is 2.33. The van der Waals surface area contributed by atoms with Gasteiger partial charge in [-0.05, 0) is 42.2 Å². The van der Waals surface area contributed by atoms with Gasteiger partial charge in [-0.2, -0.15) is 0 Å². The van der Waals surface area contributed by atoms with E-state index in [1.165, 1.54) is 5.56 Å². The monoisotopic (exact) mass is 285 g/mol. The van der Waals surface area contributed by atoms with Crippen LogP contribution < -0.4 is 5.32 Å². The third-order valence-electron chi connectivity index (χ3n) is 4.33. The topological polar surface area (TPSA) is 32.3 Å². The quantitative estimate of drug-likeness (QED) is 0.905. The molecule has 3 rings (SSSR count). The largest absolute Gasteiger partial charge is 0.391 e. The minimum Gasteiger partial charge on any atom is -0.391 e. The summed E-state index contributed by atoms with van der Waals surface area (Å²) in [5.41, 5.74) is 3.88. The molecule has 21 heavy (non-hydrogen) atoms. The Morgan fingerprint density at radius 1 is 1.24 bits per heavy atom. The molecule has 3 atom stereocenters. The summed E-state index contributed by atoms with van der Waals surface area (Å²) in [5.74, 6) is -0.187. The van der Waals surface area contributed by atoms with Crippen LogP contribution in [0, 0.1) is 12.7 Å². The molecule has 0 aliphatic heterocycles. The summed E-state index contributed by atoms with van der Waals surface area (Å²) in [6, 6.07) is 13.3. The molecule has 0 spiro atoms. The van der Waals surface area contributed by atoms with Gasteiger partial charge in [0, 0.05) is 12.5 Å². The number of aryl methyl sites for hydroxylation is 1. The van der Waals surface area contributed by atoms with Gasteiger partial charge in [0.15, 0.2) is 0 Å². The second-order valence-electron chi connectivity index (χ2n) is 5.84. The highest BCUT2D eigenvalue weighted by molar-refractivity contribution is 5.37. The molecule has 0 fully saturated rings. The third kappa shape index (κ3) is 2.71. The number of fused-ring (bicyclic) bond motifs is 1. The van der Waals surface area contributed by atoms with Gasteiger partial charge < -0.3 is 10.4 Å². The molecular formula is C18H20FNO. The van der Waals surface area contributed by atoms with Crippen LogP contribution in [-0.4, -0.2) is 11.2 Å².